The van der Waals surface area contributed by atoms with Crippen molar-refractivity contribution >= 4 is 17.6 Å². The van der Waals surface area contributed by atoms with Crippen LogP contribution in [0.3, 0.4) is 0 Å². The molecule has 0 spiro atoms. The molecule has 0 aliphatic rings. The monoisotopic (exact) mass is 400 g/mol. The Hall–Kier alpha value is -3.24. The van der Waals surface area contributed by atoms with Gasteiger partial charge in [0.1, 0.15) is 5.82 Å². The number of ether oxygens (including phenoxy) is 1. The van der Waals surface area contributed by atoms with Crippen LogP contribution in [-0.4, -0.2) is 34.6 Å². The number of rotatable bonds is 6. The third-order valence-corrected chi connectivity index (χ3v) is 3.21. The van der Waals surface area contributed by atoms with Crippen molar-refractivity contribution in [3.63, 3.8) is 0 Å². The molecule has 2 N–H and O–H groups in total. The summed E-state index contributed by atoms with van der Waals surface area (Å²) in [6, 6.07) is 3.78. The minimum atomic E-state index is -4.61. The van der Waals surface area contributed by atoms with Gasteiger partial charge in [0.15, 0.2) is 12.4 Å². The molecule has 2 heterocycles. The smallest absolute Gasteiger partial charge is 0.422 e. The molecule has 28 heavy (non-hydrogen) atoms. The van der Waals surface area contributed by atoms with Crippen molar-refractivity contribution in [1.29, 1.82) is 0 Å². The van der Waals surface area contributed by atoms with E-state index in [1.54, 1.807) is 6.92 Å². The topological polar surface area (TPSA) is 93.2 Å². The van der Waals surface area contributed by atoms with E-state index in [0.717, 1.165) is 12.3 Å². The number of hydrogen-bond donors (Lipinski definition) is 2. The second-order valence-corrected chi connectivity index (χ2v) is 5.78. The Bertz CT molecular complexity index is 887. The van der Waals surface area contributed by atoms with Crippen molar-refractivity contribution in [2.75, 3.05) is 11.9 Å². The van der Waals surface area contributed by atoms with Crippen molar-refractivity contribution in [3.05, 3.63) is 47.0 Å². The normalized spacial score (nSPS) is 11.1. The van der Waals surface area contributed by atoms with Gasteiger partial charge in [-0.25, -0.2) is 14.4 Å². The Balaban J connectivity index is 2.02. The fourth-order valence-electron chi connectivity index (χ4n) is 2.15. The lowest BCUT2D eigenvalue weighted by Gasteiger charge is -2.11. The van der Waals surface area contributed by atoms with Gasteiger partial charge < -0.3 is 15.4 Å². The van der Waals surface area contributed by atoms with Gasteiger partial charge in [0.05, 0.1) is 0 Å². The van der Waals surface area contributed by atoms with Gasteiger partial charge in [0.2, 0.25) is 5.91 Å². The Morgan fingerprint density at radius 3 is 2.54 bits per heavy atom. The van der Waals surface area contributed by atoms with Gasteiger partial charge >= 0.3 is 6.18 Å². The number of anilines is 1. The van der Waals surface area contributed by atoms with Crippen LogP contribution in [0.2, 0.25) is 0 Å². The van der Waals surface area contributed by atoms with Crippen LogP contribution in [0.4, 0.5) is 23.4 Å². The van der Waals surface area contributed by atoms with E-state index < -0.39 is 30.4 Å². The van der Waals surface area contributed by atoms with E-state index in [1.165, 1.54) is 19.1 Å². The highest BCUT2D eigenvalue weighted by molar-refractivity contribution is 5.96. The van der Waals surface area contributed by atoms with Crippen molar-refractivity contribution in [2.45, 2.75) is 26.6 Å². The number of aryl methyl sites for hydroxylation is 1. The zero-order valence-electron chi connectivity index (χ0n) is 14.9. The maximum absolute atomic E-state index is 13.8. The molecule has 0 atom stereocenters. The predicted molar refractivity (Wildman–Crippen MR) is 90.2 cm³/mol. The van der Waals surface area contributed by atoms with E-state index in [0.29, 0.717) is 5.69 Å². The first kappa shape index (κ1) is 21.1. The SMILES string of the molecule is CC(=O)Nc1cc(C(=O)NCc2cnc(OCC(F)(F)F)c(F)c2)cc(C)n1. The summed E-state index contributed by atoms with van der Waals surface area (Å²) in [5.41, 5.74) is 0.933. The Kier molecular flexibility index (Phi) is 6.49. The highest BCUT2D eigenvalue weighted by Gasteiger charge is 2.29. The highest BCUT2D eigenvalue weighted by atomic mass is 19.4. The Labute approximate surface area is 157 Å². The number of carbonyl (C=O) groups is 2. The predicted octanol–water partition coefficient (Wildman–Crippen LogP) is 2.75. The summed E-state index contributed by atoms with van der Waals surface area (Å²) in [5.74, 6) is -2.52. The summed E-state index contributed by atoms with van der Waals surface area (Å²) in [4.78, 5) is 30.9. The number of halogens is 4. The maximum atomic E-state index is 13.8. The van der Waals surface area contributed by atoms with Gasteiger partial charge in [-0.1, -0.05) is 0 Å². The standard InChI is InChI=1S/C17H16F4N4O3/c1-9-3-12(5-14(24-9)25-10(2)26)15(27)22-6-11-4-13(18)16(23-7-11)28-8-17(19,20)21/h3-5,7H,6,8H2,1-2H3,(H,22,27)(H,24,25,26). The summed E-state index contributed by atoms with van der Waals surface area (Å²) in [7, 11) is 0. The molecule has 2 rings (SSSR count). The minimum Gasteiger partial charge on any atom is -0.466 e. The molecule has 0 unspecified atom stereocenters. The van der Waals surface area contributed by atoms with E-state index in [9.17, 15) is 27.2 Å². The van der Waals surface area contributed by atoms with Gasteiger partial charge in [0.25, 0.3) is 11.8 Å². The summed E-state index contributed by atoms with van der Waals surface area (Å²) < 4.78 is 54.4. The van der Waals surface area contributed by atoms with Gasteiger partial charge in [-0.05, 0) is 30.7 Å². The van der Waals surface area contributed by atoms with Crippen LogP contribution in [0.15, 0.2) is 24.4 Å². The van der Waals surface area contributed by atoms with Crippen molar-refractivity contribution < 1.29 is 31.9 Å². The number of hydrogen-bond acceptors (Lipinski definition) is 5. The van der Waals surface area contributed by atoms with Gasteiger partial charge in [-0.3, -0.25) is 9.59 Å². The molecule has 0 radical (unpaired) electrons. The summed E-state index contributed by atoms with van der Waals surface area (Å²) in [6.45, 7) is 1.15. The van der Waals surface area contributed by atoms with Crippen LogP contribution in [0, 0.1) is 12.7 Å². The Morgan fingerprint density at radius 2 is 1.93 bits per heavy atom. The average Bonchev–Trinajstić information content (AvgIpc) is 2.56. The average molecular weight is 400 g/mol. The zero-order chi connectivity index (χ0) is 20.9. The molecule has 0 aromatic carbocycles. The highest BCUT2D eigenvalue weighted by Crippen LogP contribution is 2.20. The fraction of sp³-hybridized carbons (Fsp3) is 0.294. The number of alkyl halides is 3. The fourth-order valence-corrected chi connectivity index (χ4v) is 2.15. The van der Waals surface area contributed by atoms with Crippen molar-refractivity contribution in [3.8, 4) is 5.88 Å². The van der Waals surface area contributed by atoms with Crippen LogP contribution < -0.4 is 15.4 Å². The van der Waals surface area contributed by atoms with Crippen molar-refractivity contribution in [1.82, 2.24) is 15.3 Å². The van der Waals surface area contributed by atoms with E-state index in [2.05, 4.69) is 25.3 Å². The molecule has 0 saturated carbocycles. The molecule has 11 heteroatoms. The quantitative estimate of drug-likeness (QED) is 0.728. The number of amides is 2. The molecule has 150 valence electrons. The third kappa shape index (κ3) is 6.49. The zero-order valence-corrected chi connectivity index (χ0v) is 14.9. The van der Waals surface area contributed by atoms with Crippen LogP contribution in [0.1, 0.15) is 28.5 Å². The van der Waals surface area contributed by atoms with Crippen LogP contribution in [0.25, 0.3) is 0 Å². The van der Waals surface area contributed by atoms with Crippen LogP contribution in [0.5, 0.6) is 5.88 Å². The third-order valence-electron chi connectivity index (χ3n) is 3.21. The lowest BCUT2D eigenvalue weighted by atomic mass is 10.2. The minimum absolute atomic E-state index is 0.126. The molecule has 0 bridgehead atoms. The molecule has 7 nitrogen and oxygen atoms in total. The number of pyridine rings is 2. The molecule has 2 aromatic heterocycles. The molecule has 0 aliphatic heterocycles. The second kappa shape index (κ2) is 8.63. The number of nitrogens with one attached hydrogen (secondary N) is 2. The van der Waals surface area contributed by atoms with Gasteiger partial charge in [-0.2, -0.15) is 13.2 Å². The van der Waals surface area contributed by atoms with E-state index >= 15 is 0 Å². The first-order valence-electron chi connectivity index (χ1n) is 7.92. The van der Waals surface area contributed by atoms with Crippen molar-refractivity contribution in [2.24, 2.45) is 0 Å². The lowest BCUT2D eigenvalue weighted by molar-refractivity contribution is -0.154. The lowest BCUT2D eigenvalue weighted by Crippen LogP contribution is -2.24. The maximum Gasteiger partial charge on any atom is 0.422 e. The van der Waals surface area contributed by atoms with E-state index in [1.807, 2.05) is 0 Å². The molecule has 2 amide bonds. The van der Waals surface area contributed by atoms with E-state index in [4.69, 9.17) is 0 Å². The van der Waals surface area contributed by atoms with Gasteiger partial charge in [-0.15, -0.1) is 0 Å². The number of nitrogens with zero attached hydrogens (tertiary/aromatic N) is 2. The van der Waals surface area contributed by atoms with Crippen LogP contribution >= 0.6 is 0 Å². The van der Waals surface area contributed by atoms with Crippen LogP contribution in [-0.2, 0) is 11.3 Å². The molecular formula is C17H16F4N4O3. The molecule has 2 aromatic rings. The van der Waals surface area contributed by atoms with Gasteiger partial charge in [0, 0.05) is 30.9 Å². The summed E-state index contributed by atoms with van der Waals surface area (Å²) in [5, 5.41) is 4.99. The second-order valence-electron chi connectivity index (χ2n) is 5.78. The molecular weight excluding hydrogens is 384 g/mol. The first-order valence-corrected chi connectivity index (χ1v) is 7.92. The first-order chi connectivity index (χ1) is 13.0. The Morgan fingerprint density at radius 1 is 1.21 bits per heavy atom. The summed E-state index contributed by atoms with van der Waals surface area (Å²) in [6.07, 6.45) is -3.52. The van der Waals surface area contributed by atoms with E-state index in [-0.39, 0.29) is 29.4 Å². The summed E-state index contributed by atoms with van der Waals surface area (Å²) >= 11 is 0. The number of aromatic nitrogens is 2. The molecule has 0 fully saturated rings. The molecule has 0 saturated heterocycles. The number of carbonyl (C=O) groups excluding carboxylic acids is 2. The largest absolute Gasteiger partial charge is 0.466 e. The molecule has 0 aliphatic carbocycles.